The van der Waals surface area contributed by atoms with Gasteiger partial charge in [0.1, 0.15) is 5.58 Å². The number of rotatable bonds is 0. The number of hydrogen-bond donors (Lipinski definition) is 0. The fourth-order valence-corrected chi connectivity index (χ4v) is 3.05. The molecule has 0 spiro atoms. The smallest absolute Gasteiger partial charge is 0.236 e. The summed E-state index contributed by atoms with van der Waals surface area (Å²) in [6, 6.07) is 8.10. The van der Waals surface area contributed by atoms with E-state index in [2.05, 4.69) is 0 Å². The Morgan fingerprint density at radius 2 is 1.57 bits per heavy atom. The first-order valence-corrected chi connectivity index (χ1v) is 7.11. The van der Waals surface area contributed by atoms with Crippen molar-refractivity contribution in [2.45, 2.75) is 0 Å². The predicted molar refractivity (Wildman–Crippen MR) is 84.8 cm³/mol. The van der Waals surface area contributed by atoms with Gasteiger partial charge in [-0.15, -0.1) is 0 Å². The summed E-state index contributed by atoms with van der Waals surface area (Å²) in [4.78, 5) is 12.5. The van der Waals surface area contributed by atoms with Gasteiger partial charge in [-0.25, -0.2) is 0 Å². The summed E-state index contributed by atoms with van der Waals surface area (Å²) in [5, 5.41) is 2.10. The van der Waals surface area contributed by atoms with Crippen molar-refractivity contribution in [1.82, 2.24) is 0 Å². The molecule has 21 heavy (non-hydrogen) atoms. The summed E-state index contributed by atoms with van der Waals surface area (Å²) >= 11 is 18.0. The average molecular weight is 340 g/mol. The number of halogens is 3. The van der Waals surface area contributed by atoms with E-state index in [1.807, 2.05) is 0 Å². The normalized spacial score (nSPS) is 11.8. The lowest BCUT2D eigenvalue weighted by Gasteiger charge is -2.00. The molecule has 2 heterocycles. The first-order chi connectivity index (χ1) is 10.0. The maximum Gasteiger partial charge on any atom is 0.236 e. The van der Waals surface area contributed by atoms with Crippen LogP contribution in [0, 0.1) is 0 Å². The highest BCUT2D eigenvalue weighted by molar-refractivity contribution is 6.38. The monoisotopic (exact) mass is 338 g/mol. The van der Waals surface area contributed by atoms with Gasteiger partial charge in [0, 0.05) is 16.1 Å². The van der Waals surface area contributed by atoms with Crippen LogP contribution in [0.15, 0.2) is 44.0 Å². The van der Waals surface area contributed by atoms with Crippen molar-refractivity contribution in [3.8, 4) is 0 Å². The summed E-state index contributed by atoms with van der Waals surface area (Å²) in [5.74, 6) is 0. The van der Waals surface area contributed by atoms with E-state index in [0.717, 1.165) is 0 Å². The van der Waals surface area contributed by atoms with Crippen molar-refractivity contribution in [3.05, 3.63) is 55.6 Å². The van der Waals surface area contributed by atoms with Crippen LogP contribution in [0.5, 0.6) is 0 Å². The molecule has 0 N–H and O–H groups in total. The Morgan fingerprint density at radius 3 is 2.38 bits per heavy atom. The Balaban J connectivity index is 2.31. The van der Waals surface area contributed by atoms with Crippen LogP contribution < -0.4 is 5.43 Å². The highest BCUT2D eigenvalue weighted by Gasteiger charge is 2.17. The van der Waals surface area contributed by atoms with Crippen LogP contribution >= 0.6 is 34.8 Å². The average Bonchev–Trinajstić information content (AvgIpc) is 2.78. The van der Waals surface area contributed by atoms with Crippen LogP contribution in [0.1, 0.15) is 0 Å². The molecule has 0 bridgehead atoms. The fraction of sp³-hybridized carbons (Fsp3) is 0. The quantitative estimate of drug-likeness (QED) is 0.415. The summed E-state index contributed by atoms with van der Waals surface area (Å²) in [6.07, 6.45) is 0. The van der Waals surface area contributed by atoms with E-state index in [-0.39, 0.29) is 27.0 Å². The lowest BCUT2D eigenvalue weighted by Crippen LogP contribution is -2.00. The minimum atomic E-state index is -0.317. The van der Waals surface area contributed by atoms with Gasteiger partial charge in [-0.3, -0.25) is 4.79 Å². The molecule has 3 nitrogen and oxygen atoms in total. The Kier molecular flexibility index (Phi) is 2.73. The summed E-state index contributed by atoms with van der Waals surface area (Å²) in [7, 11) is 0. The minimum absolute atomic E-state index is 0.123. The zero-order chi connectivity index (χ0) is 14.7. The molecule has 2 aromatic carbocycles. The molecule has 0 radical (unpaired) electrons. The van der Waals surface area contributed by atoms with Gasteiger partial charge in [0.15, 0.2) is 11.2 Å². The van der Waals surface area contributed by atoms with Gasteiger partial charge < -0.3 is 8.83 Å². The van der Waals surface area contributed by atoms with Crippen molar-refractivity contribution in [3.63, 3.8) is 0 Å². The third-order valence-corrected chi connectivity index (χ3v) is 4.00. The molecule has 104 valence electrons. The van der Waals surface area contributed by atoms with Gasteiger partial charge >= 0.3 is 0 Å². The maximum absolute atomic E-state index is 12.5. The van der Waals surface area contributed by atoms with E-state index in [1.165, 1.54) is 12.1 Å². The van der Waals surface area contributed by atoms with Crippen LogP contribution in [0.2, 0.25) is 15.1 Å². The number of fused-ring (bicyclic) bond motifs is 4. The second kappa shape index (κ2) is 4.41. The SMILES string of the molecule is O=c1c2cc(Cl)cc(Cl)c2oc2c1oc1cc(Cl)ccc12. The molecule has 0 atom stereocenters. The molecule has 0 aliphatic rings. The van der Waals surface area contributed by atoms with E-state index >= 15 is 0 Å². The van der Waals surface area contributed by atoms with Crippen LogP contribution in [-0.4, -0.2) is 0 Å². The number of benzene rings is 2. The van der Waals surface area contributed by atoms with Gasteiger partial charge in [-0.2, -0.15) is 0 Å². The Bertz CT molecular complexity index is 1090. The molecule has 0 amide bonds. The molecular weight excluding hydrogens is 335 g/mol. The molecular formula is C15H5Cl3O3. The lowest BCUT2D eigenvalue weighted by atomic mass is 10.2. The van der Waals surface area contributed by atoms with E-state index in [9.17, 15) is 4.79 Å². The van der Waals surface area contributed by atoms with Crippen molar-refractivity contribution in [2.75, 3.05) is 0 Å². The molecule has 0 aliphatic heterocycles. The first-order valence-electron chi connectivity index (χ1n) is 5.98. The van der Waals surface area contributed by atoms with Crippen LogP contribution in [0.3, 0.4) is 0 Å². The standard InChI is InChI=1S/C15H5Cl3O3/c16-6-1-2-8-11(5-6)20-15-12(19)9-3-7(17)4-10(18)13(9)21-14(8)15/h1-5H. The Morgan fingerprint density at radius 1 is 0.762 bits per heavy atom. The molecule has 6 heteroatoms. The summed E-state index contributed by atoms with van der Waals surface area (Å²) < 4.78 is 11.4. The first kappa shape index (κ1) is 13.0. The van der Waals surface area contributed by atoms with Crippen molar-refractivity contribution in [2.24, 2.45) is 0 Å². The van der Waals surface area contributed by atoms with Gasteiger partial charge in [-0.1, -0.05) is 34.8 Å². The number of furan rings is 1. The minimum Gasteiger partial charge on any atom is -0.450 e. The third kappa shape index (κ3) is 1.85. The fourth-order valence-electron chi connectivity index (χ4n) is 2.35. The van der Waals surface area contributed by atoms with Crippen molar-refractivity contribution >= 4 is 67.9 Å². The van der Waals surface area contributed by atoms with Crippen LogP contribution in [-0.2, 0) is 0 Å². The highest BCUT2D eigenvalue weighted by Crippen LogP contribution is 2.34. The molecule has 0 saturated carbocycles. The van der Waals surface area contributed by atoms with Gasteiger partial charge in [0.05, 0.1) is 15.8 Å². The largest absolute Gasteiger partial charge is 0.450 e. The van der Waals surface area contributed by atoms with Crippen LogP contribution in [0.4, 0.5) is 0 Å². The van der Waals surface area contributed by atoms with Gasteiger partial charge in [0.2, 0.25) is 11.0 Å². The van der Waals surface area contributed by atoms with E-state index in [0.29, 0.717) is 26.6 Å². The molecule has 0 fully saturated rings. The predicted octanol–water partition coefficient (Wildman–Crippen LogP) is 5.65. The zero-order valence-corrected chi connectivity index (χ0v) is 12.5. The second-order valence-electron chi connectivity index (χ2n) is 4.60. The van der Waals surface area contributed by atoms with Gasteiger partial charge in [0.25, 0.3) is 0 Å². The topological polar surface area (TPSA) is 43.4 Å². The molecule has 0 unspecified atom stereocenters. The molecule has 0 saturated heterocycles. The molecule has 4 rings (SSSR count). The van der Waals surface area contributed by atoms with Crippen molar-refractivity contribution in [1.29, 1.82) is 0 Å². The van der Waals surface area contributed by atoms with E-state index in [4.69, 9.17) is 43.6 Å². The van der Waals surface area contributed by atoms with Gasteiger partial charge in [-0.05, 0) is 24.3 Å². The van der Waals surface area contributed by atoms with E-state index < -0.39 is 0 Å². The van der Waals surface area contributed by atoms with E-state index in [1.54, 1.807) is 18.2 Å². The molecule has 2 aromatic heterocycles. The lowest BCUT2D eigenvalue weighted by molar-refractivity contribution is 0.630. The third-order valence-electron chi connectivity index (χ3n) is 3.27. The number of hydrogen-bond acceptors (Lipinski definition) is 3. The molecule has 0 aliphatic carbocycles. The van der Waals surface area contributed by atoms with Crippen LogP contribution in [0.25, 0.3) is 33.1 Å². The summed E-state index contributed by atoms with van der Waals surface area (Å²) in [5.41, 5.74) is 0.927. The summed E-state index contributed by atoms with van der Waals surface area (Å²) in [6.45, 7) is 0. The highest BCUT2D eigenvalue weighted by atomic mass is 35.5. The second-order valence-corrected chi connectivity index (χ2v) is 5.88. The van der Waals surface area contributed by atoms with Crippen molar-refractivity contribution < 1.29 is 8.83 Å². The maximum atomic E-state index is 12.5. The molecule has 4 aromatic rings. The Labute approximate surface area is 132 Å². The Hall–Kier alpha value is -1.68. The zero-order valence-electron chi connectivity index (χ0n) is 10.2.